The molecule has 0 radical (unpaired) electrons. The van der Waals surface area contributed by atoms with Gasteiger partial charge >= 0.3 is 0 Å². The molecule has 5 nitrogen and oxygen atoms in total. The molecule has 136 valence electrons. The largest absolute Gasteiger partial charge is 0.356 e. The lowest BCUT2D eigenvalue weighted by molar-refractivity contribution is 0.431. The summed E-state index contributed by atoms with van der Waals surface area (Å²) < 4.78 is 1.13. The molecule has 0 amide bonds. The summed E-state index contributed by atoms with van der Waals surface area (Å²) in [7, 11) is 1.81. The maximum atomic E-state index is 4.34. The Morgan fingerprint density at radius 3 is 2.52 bits per heavy atom. The molecule has 0 bridgehead atoms. The zero-order chi connectivity index (χ0) is 16.8. The first-order valence-corrected chi connectivity index (χ1v) is 9.20. The molecule has 3 rings (SSSR count). The van der Waals surface area contributed by atoms with Gasteiger partial charge in [-0.15, -0.1) is 24.0 Å². The Morgan fingerprint density at radius 2 is 1.92 bits per heavy atom. The number of nitrogens with one attached hydrogen (secondary N) is 3. The Hall–Kier alpha value is -1.09. The SMILES string of the molecule is CN=C(NCc1ccn[nH]1)NCC1(c2ccc(Br)cc2)CCCC1.I. The number of aromatic amines is 1. The molecule has 0 spiro atoms. The summed E-state index contributed by atoms with van der Waals surface area (Å²) in [4.78, 5) is 4.34. The lowest BCUT2D eigenvalue weighted by Gasteiger charge is -2.31. The third-order valence-corrected chi connectivity index (χ3v) is 5.37. The highest BCUT2D eigenvalue weighted by molar-refractivity contribution is 14.0. The zero-order valence-corrected chi connectivity index (χ0v) is 18.3. The van der Waals surface area contributed by atoms with Gasteiger partial charge in [0.05, 0.1) is 12.2 Å². The number of halogens is 2. The van der Waals surface area contributed by atoms with Gasteiger partial charge in [-0.25, -0.2) is 0 Å². The number of hydrogen-bond donors (Lipinski definition) is 3. The van der Waals surface area contributed by atoms with Crippen LogP contribution in [-0.4, -0.2) is 29.7 Å². The summed E-state index contributed by atoms with van der Waals surface area (Å²) in [5.74, 6) is 0.827. The van der Waals surface area contributed by atoms with Crippen molar-refractivity contribution in [3.8, 4) is 0 Å². The van der Waals surface area contributed by atoms with Crippen LogP contribution in [-0.2, 0) is 12.0 Å². The smallest absolute Gasteiger partial charge is 0.191 e. The normalized spacial score (nSPS) is 16.3. The number of H-pyrrole nitrogens is 1. The number of guanidine groups is 1. The average molecular weight is 518 g/mol. The molecule has 2 aromatic rings. The van der Waals surface area contributed by atoms with Gasteiger partial charge in [-0.3, -0.25) is 10.1 Å². The van der Waals surface area contributed by atoms with Crippen molar-refractivity contribution in [3.05, 3.63) is 52.3 Å². The second-order valence-corrected chi connectivity index (χ2v) is 7.27. The Balaban J connectivity index is 0.00000225. The van der Waals surface area contributed by atoms with Gasteiger partial charge < -0.3 is 10.6 Å². The minimum atomic E-state index is 0. The molecular weight excluding hydrogens is 493 g/mol. The monoisotopic (exact) mass is 517 g/mol. The van der Waals surface area contributed by atoms with E-state index in [0.29, 0.717) is 6.54 Å². The number of nitrogens with zero attached hydrogens (tertiary/aromatic N) is 2. The zero-order valence-electron chi connectivity index (χ0n) is 14.4. The second-order valence-electron chi connectivity index (χ2n) is 6.36. The van der Waals surface area contributed by atoms with Crippen LogP contribution in [0, 0.1) is 0 Å². The van der Waals surface area contributed by atoms with Gasteiger partial charge in [0.2, 0.25) is 0 Å². The van der Waals surface area contributed by atoms with Gasteiger partial charge in [0.1, 0.15) is 0 Å². The van der Waals surface area contributed by atoms with E-state index >= 15 is 0 Å². The molecule has 1 saturated carbocycles. The third kappa shape index (κ3) is 5.20. The number of aromatic nitrogens is 2. The Morgan fingerprint density at radius 1 is 1.20 bits per heavy atom. The molecule has 1 heterocycles. The van der Waals surface area contributed by atoms with E-state index in [1.165, 1.54) is 31.2 Å². The molecule has 3 N–H and O–H groups in total. The number of benzene rings is 1. The highest BCUT2D eigenvalue weighted by Gasteiger charge is 2.35. The van der Waals surface area contributed by atoms with Crippen LogP contribution >= 0.6 is 39.9 Å². The van der Waals surface area contributed by atoms with Crippen LogP contribution in [0.5, 0.6) is 0 Å². The first-order valence-electron chi connectivity index (χ1n) is 8.41. The van der Waals surface area contributed by atoms with E-state index in [-0.39, 0.29) is 29.4 Å². The van der Waals surface area contributed by atoms with Crippen LogP contribution in [0.3, 0.4) is 0 Å². The molecule has 0 aliphatic heterocycles. The maximum absolute atomic E-state index is 4.34. The van der Waals surface area contributed by atoms with Crippen LogP contribution in [0.2, 0.25) is 0 Å². The number of hydrogen-bond acceptors (Lipinski definition) is 2. The molecule has 25 heavy (non-hydrogen) atoms. The van der Waals surface area contributed by atoms with Gasteiger partial charge in [-0.1, -0.05) is 40.9 Å². The van der Waals surface area contributed by atoms with E-state index in [2.05, 4.69) is 66.0 Å². The number of rotatable bonds is 5. The molecule has 0 atom stereocenters. The number of aliphatic imine (C=N–C) groups is 1. The summed E-state index contributed by atoms with van der Waals surface area (Å²) in [5.41, 5.74) is 2.66. The lowest BCUT2D eigenvalue weighted by Crippen LogP contribution is -2.44. The van der Waals surface area contributed by atoms with Gasteiger partial charge in [0.15, 0.2) is 5.96 Å². The first-order chi connectivity index (χ1) is 11.7. The van der Waals surface area contributed by atoms with E-state index in [9.17, 15) is 0 Å². The minimum Gasteiger partial charge on any atom is -0.356 e. The van der Waals surface area contributed by atoms with Gasteiger partial charge in [0.25, 0.3) is 0 Å². The predicted octanol–water partition coefficient (Wildman–Crippen LogP) is 3.97. The van der Waals surface area contributed by atoms with E-state index in [1.54, 1.807) is 6.20 Å². The fourth-order valence-electron chi connectivity index (χ4n) is 3.46. The highest BCUT2D eigenvalue weighted by atomic mass is 127. The summed E-state index contributed by atoms with van der Waals surface area (Å²) in [6.45, 7) is 1.59. The fraction of sp³-hybridized carbons (Fsp3) is 0.444. The molecule has 1 fully saturated rings. The van der Waals surface area contributed by atoms with Crippen molar-refractivity contribution in [2.45, 2.75) is 37.6 Å². The average Bonchev–Trinajstić information content (AvgIpc) is 3.28. The minimum absolute atomic E-state index is 0. The van der Waals surface area contributed by atoms with Crippen molar-refractivity contribution >= 4 is 45.9 Å². The summed E-state index contributed by atoms with van der Waals surface area (Å²) in [6.07, 6.45) is 6.78. The predicted molar refractivity (Wildman–Crippen MR) is 116 cm³/mol. The van der Waals surface area contributed by atoms with E-state index in [4.69, 9.17) is 0 Å². The van der Waals surface area contributed by atoms with Gasteiger partial charge in [-0.05, 0) is 36.6 Å². The molecule has 1 aliphatic rings. The summed E-state index contributed by atoms with van der Waals surface area (Å²) in [6, 6.07) is 10.7. The summed E-state index contributed by atoms with van der Waals surface area (Å²) >= 11 is 3.53. The molecule has 7 heteroatoms. The van der Waals surface area contributed by atoms with Crippen molar-refractivity contribution in [3.63, 3.8) is 0 Å². The van der Waals surface area contributed by atoms with Crippen molar-refractivity contribution in [2.75, 3.05) is 13.6 Å². The highest BCUT2D eigenvalue weighted by Crippen LogP contribution is 2.40. The molecule has 0 unspecified atom stereocenters. The van der Waals surface area contributed by atoms with Crippen molar-refractivity contribution in [1.82, 2.24) is 20.8 Å². The van der Waals surface area contributed by atoms with Crippen molar-refractivity contribution in [2.24, 2.45) is 4.99 Å². The van der Waals surface area contributed by atoms with Crippen LogP contribution in [0.4, 0.5) is 0 Å². The molecule has 1 aromatic carbocycles. The Bertz CT molecular complexity index is 663. The van der Waals surface area contributed by atoms with Crippen LogP contribution in [0.1, 0.15) is 36.9 Å². The van der Waals surface area contributed by atoms with Crippen LogP contribution < -0.4 is 10.6 Å². The second kappa shape index (κ2) is 9.56. The van der Waals surface area contributed by atoms with E-state index in [1.807, 2.05) is 13.1 Å². The molecule has 1 aromatic heterocycles. The van der Waals surface area contributed by atoms with Crippen LogP contribution in [0.25, 0.3) is 0 Å². The van der Waals surface area contributed by atoms with E-state index < -0.39 is 0 Å². The lowest BCUT2D eigenvalue weighted by atomic mass is 9.79. The van der Waals surface area contributed by atoms with Crippen molar-refractivity contribution < 1.29 is 0 Å². The fourth-order valence-corrected chi connectivity index (χ4v) is 3.72. The molecular formula is C18H25BrIN5. The summed E-state index contributed by atoms with van der Waals surface area (Å²) in [5, 5.41) is 13.8. The topological polar surface area (TPSA) is 65.1 Å². The van der Waals surface area contributed by atoms with Gasteiger partial charge in [-0.2, -0.15) is 5.10 Å². The van der Waals surface area contributed by atoms with Gasteiger partial charge in [0, 0.05) is 29.7 Å². The van der Waals surface area contributed by atoms with E-state index in [0.717, 1.165) is 22.7 Å². The quantitative estimate of drug-likeness (QED) is 0.319. The maximum Gasteiger partial charge on any atom is 0.191 e. The third-order valence-electron chi connectivity index (χ3n) is 4.84. The first kappa shape index (κ1) is 20.2. The van der Waals surface area contributed by atoms with Crippen LogP contribution in [0.15, 0.2) is 46.0 Å². The Kier molecular flexibility index (Phi) is 7.74. The molecule has 1 aliphatic carbocycles. The standard InChI is InChI=1S/C18H24BrN5.HI/c1-20-17(21-12-16-8-11-23-24-16)22-13-18(9-2-3-10-18)14-4-6-15(19)7-5-14;/h4-8,11H,2-3,9-10,12-13H2,1H3,(H,23,24)(H2,20,21,22);1H. The Labute approximate surface area is 174 Å². The van der Waals surface area contributed by atoms with Crippen molar-refractivity contribution in [1.29, 1.82) is 0 Å². The molecule has 0 saturated heterocycles.